The first-order valence-electron chi connectivity index (χ1n) is 6.50. The third kappa shape index (κ3) is 7.12. The highest BCUT2D eigenvalue weighted by Crippen LogP contribution is 2.10. The number of hydrogen-bond donors (Lipinski definition) is 2. The predicted molar refractivity (Wildman–Crippen MR) is 77.3 cm³/mol. The van der Waals surface area contributed by atoms with Crippen LogP contribution < -0.4 is 10.6 Å². The average molecular weight is 285 g/mol. The normalized spacial score (nSPS) is 12.5. The van der Waals surface area contributed by atoms with Crippen LogP contribution in [-0.2, 0) is 11.3 Å². The van der Waals surface area contributed by atoms with Crippen LogP contribution in [0.4, 0.5) is 4.79 Å². The van der Waals surface area contributed by atoms with Gasteiger partial charge in [-0.2, -0.15) is 0 Å². The molecule has 0 aliphatic rings. The lowest BCUT2D eigenvalue weighted by Crippen LogP contribution is -2.42. The molecule has 1 rings (SSSR count). The van der Waals surface area contributed by atoms with Crippen molar-refractivity contribution >= 4 is 17.4 Å². The molecule has 0 saturated carbocycles. The molecule has 108 valence electrons. The Morgan fingerprint density at radius 3 is 2.74 bits per heavy atom. The number of hydrogen-bond acceptors (Lipinski definition) is 4. The van der Waals surface area contributed by atoms with E-state index >= 15 is 0 Å². The van der Waals surface area contributed by atoms with E-state index in [0.29, 0.717) is 25.7 Å². The Morgan fingerprint density at radius 1 is 1.42 bits per heavy atom. The maximum absolute atomic E-state index is 11.6. The number of carbonyl (C=O) groups excluding carboxylic acids is 1. The molecule has 0 aliphatic heterocycles. The van der Waals surface area contributed by atoms with Gasteiger partial charge in [0.15, 0.2) is 0 Å². The molecule has 1 aromatic rings. The molecule has 2 N–H and O–H groups in total. The van der Waals surface area contributed by atoms with E-state index in [2.05, 4.69) is 29.5 Å². The van der Waals surface area contributed by atoms with Crippen molar-refractivity contribution in [3.8, 4) is 0 Å². The second-order valence-electron chi connectivity index (χ2n) is 5.02. The average Bonchev–Trinajstić information content (AvgIpc) is 2.72. The highest BCUT2D eigenvalue weighted by molar-refractivity contribution is 7.11. The monoisotopic (exact) mass is 285 g/mol. The number of aryl methyl sites for hydroxylation is 1. The number of urea groups is 1. The number of rotatable bonds is 7. The van der Waals surface area contributed by atoms with Gasteiger partial charge in [0.05, 0.1) is 19.2 Å². The molecular weight excluding hydrogens is 262 g/mol. The van der Waals surface area contributed by atoms with Crippen LogP contribution in [0.25, 0.3) is 0 Å². The summed E-state index contributed by atoms with van der Waals surface area (Å²) in [6, 6.07) is -0.190. The Bertz CT molecular complexity index is 393. The molecule has 0 aliphatic carbocycles. The van der Waals surface area contributed by atoms with Crippen LogP contribution in [0.15, 0.2) is 6.20 Å². The highest BCUT2D eigenvalue weighted by atomic mass is 32.1. The molecule has 0 fully saturated rings. The SMILES string of the molecule is Cc1cnc(CNC(=O)N[C@@H](C)COCC(C)C)s1. The van der Waals surface area contributed by atoms with Crippen molar-refractivity contribution in [3.05, 3.63) is 16.1 Å². The quantitative estimate of drug-likeness (QED) is 0.808. The van der Waals surface area contributed by atoms with E-state index in [-0.39, 0.29) is 12.1 Å². The Kier molecular flexibility index (Phi) is 6.80. The van der Waals surface area contributed by atoms with Crippen LogP contribution in [0.1, 0.15) is 30.7 Å². The first-order chi connectivity index (χ1) is 8.97. The number of ether oxygens (including phenoxy) is 1. The molecule has 6 heteroatoms. The van der Waals surface area contributed by atoms with Gasteiger partial charge in [-0.05, 0) is 19.8 Å². The number of thiazole rings is 1. The lowest BCUT2D eigenvalue weighted by molar-refractivity contribution is 0.0954. The minimum Gasteiger partial charge on any atom is -0.379 e. The summed E-state index contributed by atoms with van der Waals surface area (Å²) in [7, 11) is 0. The number of aromatic nitrogens is 1. The summed E-state index contributed by atoms with van der Waals surface area (Å²) in [5.41, 5.74) is 0. The molecule has 5 nitrogen and oxygen atoms in total. The van der Waals surface area contributed by atoms with Crippen LogP contribution >= 0.6 is 11.3 Å². The number of nitrogens with zero attached hydrogens (tertiary/aromatic N) is 1. The first kappa shape index (κ1) is 15.9. The standard InChI is InChI=1S/C13H23N3O2S/c1-9(2)7-18-8-10(3)16-13(17)15-6-12-14-5-11(4)19-12/h5,9-10H,6-8H2,1-4H3,(H2,15,16,17)/t10-/m0/s1. The molecule has 0 aromatic carbocycles. The van der Waals surface area contributed by atoms with Crippen molar-refractivity contribution in [1.29, 1.82) is 0 Å². The molecule has 0 spiro atoms. The molecule has 1 aromatic heterocycles. The molecule has 1 atom stereocenters. The van der Waals surface area contributed by atoms with Crippen LogP contribution in [0, 0.1) is 12.8 Å². The third-order valence-electron chi connectivity index (χ3n) is 2.27. The number of amides is 2. The molecule has 1 heterocycles. The van der Waals surface area contributed by atoms with Gasteiger partial charge >= 0.3 is 6.03 Å². The van der Waals surface area contributed by atoms with Crippen molar-refractivity contribution in [2.75, 3.05) is 13.2 Å². The predicted octanol–water partition coefficient (Wildman–Crippen LogP) is 2.31. The number of carbonyl (C=O) groups is 1. The summed E-state index contributed by atoms with van der Waals surface area (Å²) >= 11 is 1.59. The van der Waals surface area contributed by atoms with E-state index in [4.69, 9.17) is 4.74 Å². The second-order valence-corrected chi connectivity index (χ2v) is 6.34. The van der Waals surface area contributed by atoms with E-state index in [1.807, 2.05) is 20.0 Å². The zero-order valence-corrected chi connectivity index (χ0v) is 12.8. The van der Waals surface area contributed by atoms with E-state index in [0.717, 1.165) is 9.88 Å². The summed E-state index contributed by atoms with van der Waals surface area (Å²) in [6.45, 7) is 9.82. The summed E-state index contributed by atoms with van der Waals surface area (Å²) in [4.78, 5) is 17.0. The third-order valence-corrected chi connectivity index (χ3v) is 3.18. The van der Waals surface area contributed by atoms with E-state index in [1.54, 1.807) is 11.3 Å². The van der Waals surface area contributed by atoms with Crippen LogP contribution in [0.2, 0.25) is 0 Å². The largest absolute Gasteiger partial charge is 0.379 e. The first-order valence-corrected chi connectivity index (χ1v) is 7.32. The lowest BCUT2D eigenvalue weighted by Gasteiger charge is -2.15. The Morgan fingerprint density at radius 2 is 2.16 bits per heavy atom. The fourth-order valence-electron chi connectivity index (χ4n) is 1.44. The topological polar surface area (TPSA) is 63.2 Å². The number of nitrogens with one attached hydrogen (secondary N) is 2. The van der Waals surface area contributed by atoms with Gasteiger partial charge in [0.2, 0.25) is 0 Å². The minimum absolute atomic E-state index is 0.00298. The minimum atomic E-state index is -0.187. The highest BCUT2D eigenvalue weighted by Gasteiger charge is 2.08. The fraction of sp³-hybridized carbons (Fsp3) is 0.692. The smallest absolute Gasteiger partial charge is 0.315 e. The van der Waals surface area contributed by atoms with E-state index in [1.165, 1.54) is 0 Å². The summed E-state index contributed by atoms with van der Waals surface area (Å²) in [5, 5.41) is 6.53. The van der Waals surface area contributed by atoms with Crippen LogP contribution in [-0.4, -0.2) is 30.3 Å². The van der Waals surface area contributed by atoms with Gasteiger partial charge in [0, 0.05) is 17.7 Å². The van der Waals surface area contributed by atoms with Gasteiger partial charge in [-0.25, -0.2) is 9.78 Å². The molecule has 0 unspecified atom stereocenters. The second kappa shape index (κ2) is 8.12. The van der Waals surface area contributed by atoms with Gasteiger partial charge in [-0.15, -0.1) is 11.3 Å². The molecule has 0 bridgehead atoms. The summed E-state index contributed by atoms with van der Waals surface area (Å²) < 4.78 is 5.47. The molecule has 2 amide bonds. The zero-order chi connectivity index (χ0) is 14.3. The Hall–Kier alpha value is -1.14. The summed E-state index contributed by atoms with van der Waals surface area (Å²) in [5.74, 6) is 0.508. The van der Waals surface area contributed by atoms with Crippen molar-refractivity contribution in [2.45, 2.75) is 40.3 Å². The maximum Gasteiger partial charge on any atom is 0.315 e. The molecule has 19 heavy (non-hydrogen) atoms. The van der Waals surface area contributed by atoms with Crippen LogP contribution in [0.5, 0.6) is 0 Å². The van der Waals surface area contributed by atoms with Gasteiger partial charge < -0.3 is 15.4 Å². The lowest BCUT2D eigenvalue weighted by atomic mass is 10.2. The van der Waals surface area contributed by atoms with Gasteiger partial charge in [0.25, 0.3) is 0 Å². The zero-order valence-electron chi connectivity index (χ0n) is 12.0. The molecule has 0 saturated heterocycles. The van der Waals surface area contributed by atoms with Crippen molar-refractivity contribution in [2.24, 2.45) is 5.92 Å². The van der Waals surface area contributed by atoms with Crippen molar-refractivity contribution < 1.29 is 9.53 Å². The summed E-state index contributed by atoms with van der Waals surface area (Å²) in [6.07, 6.45) is 1.81. The van der Waals surface area contributed by atoms with Crippen molar-refractivity contribution in [3.63, 3.8) is 0 Å². The van der Waals surface area contributed by atoms with Crippen LogP contribution in [0.3, 0.4) is 0 Å². The Labute approximate surface area is 118 Å². The van der Waals surface area contributed by atoms with E-state index in [9.17, 15) is 4.79 Å². The van der Waals surface area contributed by atoms with Gasteiger partial charge in [-0.1, -0.05) is 13.8 Å². The molecular formula is C13H23N3O2S. The molecule has 0 radical (unpaired) electrons. The fourth-order valence-corrected chi connectivity index (χ4v) is 2.16. The maximum atomic E-state index is 11.6. The van der Waals surface area contributed by atoms with E-state index < -0.39 is 0 Å². The van der Waals surface area contributed by atoms with Gasteiger partial charge in [0.1, 0.15) is 5.01 Å². The van der Waals surface area contributed by atoms with Gasteiger partial charge in [-0.3, -0.25) is 0 Å². The Balaban J connectivity index is 2.16. The van der Waals surface area contributed by atoms with Crippen molar-refractivity contribution in [1.82, 2.24) is 15.6 Å².